The Bertz CT molecular complexity index is 794. The van der Waals surface area contributed by atoms with Gasteiger partial charge < -0.3 is 9.84 Å². The molecule has 0 aromatic heterocycles. The van der Waals surface area contributed by atoms with Gasteiger partial charge in [-0.3, -0.25) is 14.9 Å². The molecule has 2 aromatic rings. The molecule has 2 aromatic carbocycles. The highest BCUT2D eigenvalue weighted by molar-refractivity contribution is 9.10. The Kier molecular flexibility index (Phi) is 5.85. The number of rotatable bonds is 6. The number of hydrazone groups is 1. The van der Waals surface area contributed by atoms with E-state index in [1.54, 1.807) is 18.2 Å². The summed E-state index contributed by atoms with van der Waals surface area (Å²) < 4.78 is 6.09. The molecule has 0 fully saturated rings. The smallest absolute Gasteiger partial charge is 0.277 e. The second-order valence-corrected chi connectivity index (χ2v) is 5.44. The number of nitro groups is 1. The molecule has 1 N–H and O–H groups in total. The highest BCUT2D eigenvalue weighted by atomic mass is 79.9. The fourth-order valence-corrected chi connectivity index (χ4v) is 2.05. The van der Waals surface area contributed by atoms with Gasteiger partial charge in [0.25, 0.3) is 11.6 Å². The van der Waals surface area contributed by atoms with Crippen molar-refractivity contribution in [3.8, 4) is 11.5 Å². The number of hydrogen-bond acceptors (Lipinski definition) is 6. The van der Waals surface area contributed by atoms with E-state index in [-0.39, 0.29) is 6.61 Å². The molecular weight excluding hydrogens is 382 g/mol. The van der Waals surface area contributed by atoms with Gasteiger partial charge in [0, 0.05) is 16.1 Å². The predicted molar refractivity (Wildman–Crippen MR) is 87.9 cm³/mol. The van der Waals surface area contributed by atoms with Gasteiger partial charge in [0.1, 0.15) is 5.75 Å². The summed E-state index contributed by atoms with van der Waals surface area (Å²) in [6, 6.07) is 10.5. The van der Waals surface area contributed by atoms with Gasteiger partial charge in [-0.2, -0.15) is 5.10 Å². The van der Waals surface area contributed by atoms with Crippen molar-refractivity contribution in [2.75, 3.05) is 6.61 Å². The second-order valence-electron chi connectivity index (χ2n) is 4.52. The maximum absolute atomic E-state index is 11.6. The van der Waals surface area contributed by atoms with Crippen molar-refractivity contribution < 1.29 is 19.6 Å². The van der Waals surface area contributed by atoms with Crippen LogP contribution in [0.5, 0.6) is 11.5 Å². The van der Waals surface area contributed by atoms with Crippen molar-refractivity contribution in [3.05, 3.63) is 62.6 Å². The summed E-state index contributed by atoms with van der Waals surface area (Å²) in [5.41, 5.74) is 1.99. The first-order chi connectivity index (χ1) is 11.5. The molecule has 0 saturated heterocycles. The fourth-order valence-electron chi connectivity index (χ4n) is 1.67. The minimum Gasteiger partial charge on any atom is -0.868 e. The first-order valence-electron chi connectivity index (χ1n) is 6.61. The Morgan fingerprint density at radius 3 is 2.83 bits per heavy atom. The lowest BCUT2D eigenvalue weighted by atomic mass is 10.2. The molecule has 24 heavy (non-hydrogen) atoms. The van der Waals surface area contributed by atoms with E-state index < -0.39 is 22.3 Å². The second kappa shape index (κ2) is 8.06. The topological polar surface area (TPSA) is 117 Å². The van der Waals surface area contributed by atoms with E-state index in [9.17, 15) is 20.0 Å². The van der Waals surface area contributed by atoms with Gasteiger partial charge in [0.05, 0.1) is 11.1 Å². The Morgan fingerprint density at radius 2 is 2.12 bits per heavy atom. The zero-order valence-corrected chi connectivity index (χ0v) is 13.7. The number of amides is 1. The molecular formula is C15H11BrN3O5-. The molecule has 0 aliphatic rings. The number of carbonyl (C=O) groups is 1. The van der Waals surface area contributed by atoms with E-state index in [0.717, 1.165) is 16.6 Å². The zero-order valence-electron chi connectivity index (χ0n) is 12.1. The van der Waals surface area contributed by atoms with Gasteiger partial charge in [0.15, 0.2) is 6.61 Å². The maximum atomic E-state index is 11.6. The van der Waals surface area contributed by atoms with Crippen LogP contribution in [0.15, 0.2) is 52.0 Å². The van der Waals surface area contributed by atoms with E-state index >= 15 is 0 Å². The molecule has 1 amide bonds. The fraction of sp³-hybridized carbons (Fsp3) is 0.0667. The molecule has 9 heteroatoms. The summed E-state index contributed by atoms with van der Waals surface area (Å²) in [5.74, 6) is -0.671. The molecule has 0 saturated carbocycles. The largest absolute Gasteiger partial charge is 0.868 e. The number of nitro benzene ring substituents is 1. The van der Waals surface area contributed by atoms with Crippen molar-refractivity contribution in [1.29, 1.82) is 0 Å². The third-order valence-corrected chi connectivity index (χ3v) is 3.24. The number of nitrogens with zero attached hydrogens (tertiary/aromatic N) is 2. The van der Waals surface area contributed by atoms with Crippen LogP contribution in [0.2, 0.25) is 0 Å². The van der Waals surface area contributed by atoms with Gasteiger partial charge >= 0.3 is 0 Å². The normalized spacial score (nSPS) is 10.5. The van der Waals surface area contributed by atoms with Gasteiger partial charge in [-0.25, -0.2) is 5.43 Å². The van der Waals surface area contributed by atoms with Crippen LogP contribution < -0.4 is 15.3 Å². The summed E-state index contributed by atoms with van der Waals surface area (Å²) in [5, 5.41) is 25.6. The van der Waals surface area contributed by atoms with Crippen LogP contribution in [0.25, 0.3) is 0 Å². The Morgan fingerprint density at radius 1 is 1.33 bits per heavy atom. The van der Waals surface area contributed by atoms with E-state index in [4.69, 9.17) is 4.74 Å². The first kappa shape index (κ1) is 17.4. The average Bonchev–Trinajstić information content (AvgIpc) is 2.54. The molecule has 0 unspecified atom stereocenters. The third kappa shape index (κ3) is 5.06. The van der Waals surface area contributed by atoms with Crippen LogP contribution in [0.4, 0.5) is 5.69 Å². The van der Waals surface area contributed by atoms with Crippen LogP contribution in [0.1, 0.15) is 5.56 Å². The molecule has 0 spiro atoms. The van der Waals surface area contributed by atoms with Crippen molar-refractivity contribution in [2.45, 2.75) is 0 Å². The van der Waals surface area contributed by atoms with Gasteiger partial charge in [0.2, 0.25) is 0 Å². The Labute approximate surface area is 145 Å². The minimum atomic E-state index is -0.774. The monoisotopic (exact) mass is 392 g/mol. The van der Waals surface area contributed by atoms with Crippen molar-refractivity contribution in [2.24, 2.45) is 5.10 Å². The SMILES string of the molecule is O=C(COc1cccc(Br)c1)N/N=C\c1ccc([O-])c([N+](=O)[O-])c1. The standard InChI is InChI=1S/C15H12BrN3O5/c16-11-2-1-3-12(7-11)24-9-15(21)18-17-8-10-4-5-14(20)13(6-10)19(22)23/h1-8,20H,9H2,(H,18,21)/p-1/b17-8-. The van der Waals surface area contributed by atoms with E-state index in [2.05, 4.69) is 26.5 Å². The van der Waals surface area contributed by atoms with E-state index in [0.29, 0.717) is 11.3 Å². The maximum Gasteiger partial charge on any atom is 0.277 e. The molecule has 0 aliphatic carbocycles. The highest BCUT2D eigenvalue weighted by Crippen LogP contribution is 2.22. The van der Waals surface area contributed by atoms with Gasteiger partial charge in [-0.1, -0.05) is 34.1 Å². The summed E-state index contributed by atoms with van der Waals surface area (Å²) in [7, 11) is 0. The predicted octanol–water partition coefficient (Wildman–Crippen LogP) is 1.96. The van der Waals surface area contributed by atoms with Crippen LogP contribution in [0.3, 0.4) is 0 Å². The van der Waals surface area contributed by atoms with Crippen LogP contribution in [0, 0.1) is 10.1 Å². The quantitative estimate of drug-likeness (QED) is 0.458. The van der Waals surface area contributed by atoms with Crippen LogP contribution in [-0.2, 0) is 4.79 Å². The molecule has 2 rings (SSSR count). The summed E-state index contributed by atoms with van der Waals surface area (Å²) in [4.78, 5) is 21.5. The molecule has 0 atom stereocenters. The van der Waals surface area contributed by atoms with E-state index in [1.807, 2.05) is 6.07 Å². The summed E-state index contributed by atoms with van der Waals surface area (Å²) in [6.07, 6.45) is 1.20. The molecule has 124 valence electrons. The number of hydrogen-bond donors (Lipinski definition) is 1. The van der Waals surface area contributed by atoms with Crippen LogP contribution in [-0.4, -0.2) is 23.7 Å². The number of halogens is 1. The van der Waals surface area contributed by atoms with Crippen LogP contribution >= 0.6 is 15.9 Å². The zero-order chi connectivity index (χ0) is 17.5. The van der Waals surface area contributed by atoms with Gasteiger partial charge in [-0.15, -0.1) is 0 Å². The number of carbonyl (C=O) groups excluding carboxylic acids is 1. The Hall–Kier alpha value is -2.94. The lowest BCUT2D eigenvalue weighted by Crippen LogP contribution is -2.24. The molecule has 0 bridgehead atoms. The summed E-state index contributed by atoms with van der Waals surface area (Å²) in [6.45, 7) is -0.243. The number of benzene rings is 2. The Balaban J connectivity index is 1.88. The lowest BCUT2D eigenvalue weighted by Gasteiger charge is -2.06. The van der Waals surface area contributed by atoms with E-state index in [1.165, 1.54) is 12.3 Å². The molecule has 0 radical (unpaired) electrons. The van der Waals surface area contributed by atoms with Crippen molar-refractivity contribution >= 4 is 33.7 Å². The first-order valence-corrected chi connectivity index (χ1v) is 7.41. The van der Waals surface area contributed by atoms with Crippen molar-refractivity contribution in [3.63, 3.8) is 0 Å². The molecule has 0 aliphatic heterocycles. The molecule has 0 heterocycles. The summed E-state index contributed by atoms with van der Waals surface area (Å²) >= 11 is 3.28. The van der Waals surface area contributed by atoms with Gasteiger partial charge in [-0.05, 0) is 23.9 Å². The average molecular weight is 393 g/mol. The minimum absolute atomic E-state index is 0.243. The number of ether oxygens (including phenoxy) is 1. The van der Waals surface area contributed by atoms with Crippen molar-refractivity contribution in [1.82, 2.24) is 5.43 Å². The number of nitrogens with one attached hydrogen (secondary N) is 1. The third-order valence-electron chi connectivity index (χ3n) is 2.75. The highest BCUT2D eigenvalue weighted by Gasteiger charge is 2.07. The lowest BCUT2D eigenvalue weighted by molar-refractivity contribution is -0.398. The molecule has 8 nitrogen and oxygen atoms in total.